The standard InChI is InChI=1S/C7H5NO4.2CH3.Sn/c9-6(10)4-1-2-5(7(11)12)8-3-4;;;/h1-3H,(H,9,10)(H,11,12);2*1H3;/q;;;+2/p-2. The van der Waals surface area contributed by atoms with Gasteiger partial charge in [0, 0.05) is 11.8 Å². The molecular weight excluding hydrogens is 305 g/mol. The van der Waals surface area contributed by atoms with Crippen LogP contribution in [0.25, 0.3) is 0 Å². The number of nitrogens with zero attached hydrogens (tertiary/aromatic N) is 1. The molecule has 1 heterocycles. The molecule has 0 aromatic carbocycles. The van der Waals surface area contributed by atoms with Gasteiger partial charge in [-0.3, -0.25) is 4.98 Å². The maximum atomic E-state index is 10.2. The van der Waals surface area contributed by atoms with Crippen molar-refractivity contribution in [2.45, 2.75) is 9.88 Å². The molecule has 0 unspecified atom stereocenters. The minimum absolute atomic E-state index is 0.167. The van der Waals surface area contributed by atoms with Crippen LogP contribution in [0.3, 0.4) is 0 Å². The van der Waals surface area contributed by atoms with Crippen molar-refractivity contribution >= 4 is 33.1 Å². The number of carboxylic acid groups (broad SMARTS) is 2. The van der Waals surface area contributed by atoms with Crippen molar-refractivity contribution in [2.75, 3.05) is 0 Å². The molecule has 0 fully saturated rings. The zero-order chi connectivity index (χ0) is 11.8. The van der Waals surface area contributed by atoms with E-state index in [1.54, 1.807) is 0 Å². The fourth-order valence-corrected chi connectivity index (χ4v) is 0.635. The van der Waals surface area contributed by atoms with Crippen LogP contribution in [0.5, 0.6) is 0 Å². The maximum absolute atomic E-state index is 10.2. The number of rotatable bonds is 2. The van der Waals surface area contributed by atoms with Gasteiger partial charge in [-0.1, -0.05) is 0 Å². The van der Waals surface area contributed by atoms with E-state index in [2.05, 4.69) is 14.9 Å². The van der Waals surface area contributed by atoms with Gasteiger partial charge in [-0.2, -0.15) is 0 Å². The van der Waals surface area contributed by atoms with Gasteiger partial charge in [-0.25, -0.2) is 0 Å². The van der Waals surface area contributed by atoms with Gasteiger partial charge in [0.15, 0.2) is 0 Å². The van der Waals surface area contributed by atoms with Crippen LogP contribution in [0.1, 0.15) is 20.8 Å². The molecule has 5 nitrogen and oxygen atoms in total. The Labute approximate surface area is 97.4 Å². The van der Waals surface area contributed by atoms with Gasteiger partial charge in [0.05, 0.1) is 17.6 Å². The predicted molar refractivity (Wildman–Crippen MR) is 50.4 cm³/mol. The van der Waals surface area contributed by atoms with Crippen molar-refractivity contribution in [1.29, 1.82) is 0 Å². The summed E-state index contributed by atoms with van der Waals surface area (Å²) in [7, 11) is 0. The van der Waals surface area contributed by atoms with Crippen molar-refractivity contribution in [2.24, 2.45) is 0 Å². The summed E-state index contributed by atoms with van der Waals surface area (Å²) in [5.41, 5.74) is -0.472. The number of pyridine rings is 1. The fraction of sp³-hybridized carbons (Fsp3) is 0.222. The molecule has 0 aliphatic carbocycles. The van der Waals surface area contributed by atoms with Crippen LogP contribution >= 0.6 is 0 Å². The molecule has 1 aromatic heterocycles. The predicted octanol–water partition coefficient (Wildman–Crippen LogP) is -1.40. The monoisotopic (exact) mass is 315 g/mol. The van der Waals surface area contributed by atoms with Gasteiger partial charge in [0.1, 0.15) is 0 Å². The van der Waals surface area contributed by atoms with E-state index in [1.807, 2.05) is 0 Å². The second-order valence-electron chi connectivity index (χ2n) is 2.51. The topological polar surface area (TPSA) is 93.1 Å². The number of aromatic carboxylic acids is 2. The second-order valence-corrected chi connectivity index (χ2v) is 5.36. The first-order valence-electron chi connectivity index (χ1n) is 4.00. The molecule has 0 saturated heterocycles. The van der Waals surface area contributed by atoms with Crippen LogP contribution in [0.4, 0.5) is 0 Å². The fourth-order valence-electron chi connectivity index (χ4n) is 0.635. The van der Waals surface area contributed by atoms with Gasteiger partial charge in [-0.05, 0) is 12.1 Å². The Hall–Kier alpha value is -1.11. The Kier molecular flexibility index (Phi) is 6.68. The SMILES string of the molecule is O=C([O-])c1ccc(C(=O)[O-])nc1.[CH3][Sn+2][CH3]. The van der Waals surface area contributed by atoms with E-state index in [9.17, 15) is 19.8 Å². The summed E-state index contributed by atoms with van der Waals surface area (Å²) in [5.74, 6) is -2.84. The molecule has 0 spiro atoms. The van der Waals surface area contributed by atoms with Crippen molar-refractivity contribution in [3.05, 3.63) is 29.6 Å². The molecule has 0 N–H and O–H groups in total. The van der Waals surface area contributed by atoms with E-state index < -0.39 is 11.9 Å². The Morgan fingerprint density at radius 2 is 1.73 bits per heavy atom. The van der Waals surface area contributed by atoms with Gasteiger partial charge in [0.2, 0.25) is 0 Å². The number of carboxylic acids is 2. The van der Waals surface area contributed by atoms with Gasteiger partial charge in [-0.15, -0.1) is 0 Å². The Balaban J connectivity index is 0.000000583. The quantitative estimate of drug-likeness (QED) is 0.626. The summed E-state index contributed by atoms with van der Waals surface area (Å²) in [4.78, 5) is 28.2. The average molecular weight is 314 g/mol. The number of hydrogen-bond acceptors (Lipinski definition) is 5. The third kappa shape index (κ3) is 5.36. The molecule has 1 rings (SSSR count). The molecule has 0 radical (unpaired) electrons. The van der Waals surface area contributed by atoms with Crippen LogP contribution in [-0.4, -0.2) is 38.1 Å². The van der Waals surface area contributed by atoms with E-state index in [1.165, 1.54) is 0 Å². The van der Waals surface area contributed by atoms with Gasteiger partial charge >= 0.3 is 31.0 Å². The molecule has 0 aliphatic rings. The van der Waals surface area contributed by atoms with Crippen LogP contribution in [0, 0.1) is 0 Å². The number of carbonyl (C=O) groups excluding carboxylic acids is 2. The average Bonchev–Trinajstić information content (AvgIpc) is 2.19. The molecule has 1 aromatic rings. The third-order valence-corrected chi connectivity index (χ3v) is 1.21. The summed E-state index contributed by atoms with van der Waals surface area (Å²) in [6.07, 6.45) is 0.903. The van der Waals surface area contributed by atoms with E-state index in [0.29, 0.717) is 0 Å². The van der Waals surface area contributed by atoms with Crippen LogP contribution in [0.15, 0.2) is 18.3 Å². The first-order valence-corrected chi connectivity index (χ1v) is 9.71. The van der Waals surface area contributed by atoms with Crippen LogP contribution in [-0.2, 0) is 0 Å². The second kappa shape index (κ2) is 7.22. The number of hydrogen-bond donors (Lipinski definition) is 0. The molecule has 0 atom stereocenters. The van der Waals surface area contributed by atoms with Crippen LogP contribution in [0.2, 0.25) is 9.88 Å². The van der Waals surface area contributed by atoms with E-state index >= 15 is 0 Å². The van der Waals surface area contributed by atoms with E-state index in [-0.39, 0.29) is 32.4 Å². The minimum atomic E-state index is -1.44. The van der Waals surface area contributed by atoms with E-state index in [4.69, 9.17) is 0 Å². The summed E-state index contributed by atoms with van der Waals surface area (Å²) >= 11 is 0.230. The summed E-state index contributed by atoms with van der Waals surface area (Å²) in [5, 5.41) is 20.3. The molecular formula is C9H9NO4Sn. The van der Waals surface area contributed by atoms with Gasteiger partial charge in [0.25, 0.3) is 0 Å². The number of aromatic nitrogens is 1. The van der Waals surface area contributed by atoms with Gasteiger partial charge < -0.3 is 19.8 Å². The molecule has 0 saturated carbocycles. The Morgan fingerprint density at radius 3 is 2.00 bits per heavy atom. The molecule has 0 amide bonds. The molecule has 6 heteroatoms. The van der Waals surface area contributed by atoms with E-state index in [0.717, 1.165) is 18.3 Å². The molecule has 0 aliphatic heterocycles. The zero-order valence-electron chi connectivity index (χ0n) is 8.31. The molecule has 78 valence electrons. The molecule has 15 heavy (non-hydrogen) atoms. The first kappa shape index (κ1) is 13.9. The number of carbonyl (C=O) groups is 2. The summed E-state index contributed by atoms with van der Waals surface area (Å²) < 4.78 is 0. The van der Waals surface area contributed by atoms with Crippen molar-refractivity contribution in [3.63, 3.8) is 0 Å². The Bertz CT molecular complexity index is 303. The normalized spacial score (nSPS) is 8.13. The first-order chi connectivity index (χ1) is 7.02. The summed E-state index contributed by atoms with van der Waals surface area (Å²) in [6, 6.07) is 2.13. The van der Waals surface area contributed by atoms with Crippen molar-refractivity contribution in [3.8, 4) is 0 Å². The third-order valence-electron chi connectivity index (χ3n) is 1.21. The molecule has 0 bridgehead atoms. The zero-order valence-corrected chi connectivity index (χ0v) is 11.2. The Morgan fingerprint density at radius 1 is 1.20 bits per heavy atom. The summed E-state index contributed by atoms with van der Waals surface area (Å²) in [6.45, 7) is 0. The van der Waals surface area contributed by atoms with Crippen molar-refractivity contribution in [1.82, 2.24) is 4.98 Å². The van der Waals surface area contributed by atoms with Crippen LogP contribution < -0.4 is 10.2 Å². The van der Waals surface area contributed by atoms with Crippen molar-refractivity contribution < 1.29 is 19.8 Å².